The lowest BCUT2D eigenvalue weighted by Crippen LogP contribution is -2.52. The van der Waals surface area contributed by atoms with Crippen molar-refractivity contribution >= 4 is 80.2 Å². The van der Waals surface area contributed by atoms with E-state index >= 15 is 0 Å². The molecule has 0 spiro atoms. The van der Waals surface area contributed by atoms with Gasteiger partial charge in [-0.3, -0.25) is 15.0 Å². The number of nitrogens with zero attached hydrogens (tertiary/aromatic N) is 5. The molecule has 0 radical (unpaired) electrons. The van der Waals surface area contributed by atoms with E-state index in [-0.39, 0.29) is 44.4 Å². The minimum atomic E-state index is -3.90. The van der Waals surface area contributed by atoms with Crippen LogP contribution in [0.15, 0.2) is 205 Å². The number of nitriles is 2. The van der Waals surface area contributed by atoms with E-state index in [0.29, 0.717) is 49.5 Å². The highest BCUT2D eigenvalue weighted by Gasteiger charge is 2.81. The Bertz CT molecular complexity index is 4880. The largest absolute Gasteiger partial charge is 0.476 e. The third-order valence-electron chi connectivity index (χ3n) is 19.7. The van der Waals surface area contributed by atoms with E-state index in [2.05, 4.69) is 30.9 Å². The summed E-state index contributed by atoms with van der Waals surface area (Å²) >= 11 is 21.8. The van der Waals surface area contributed by atoms with Crippen LogP contribution in [0.5, 0.6) is 17.2 Å². The number of aliphatic hydroxyl groups excluding tert-OH is 3. The van der Waals surface area contributed by atoms with E-state index < -0.39 is 115 Å². The van der Waals surface area contributed by atoms with Gasteiger partial charge in [0, 0.05) is 60.0 Å². The fraction of sp³-hybridized carbons (Fsp3) is 0.254. The number of rotatable bonds is 9. The quantitative estimate of drug-likeness (QED) is 0.0785. The van der Waals surface area contributed by atoms with Crippen LogP contribution in [0.4, 0.5) is 0 Å². The molecule has 27 heteroatoms. The van der Waals surface area contributed by atoms with E-state index in [1.54, 1.807) is 158 Å². The van der Waals surface area contributed by atoms with Crippen LogP contribution in [0.25, 0.3) is 0 Å². The molecule has 15 atom stereocenters. The van der Waals surface area contributed by atoms with Gasteiger partial charge in [0.15, 0.2) is 63.1 Å². The second kappa shape index (κ2) is 24.5. The average molecular weight is 1500 g/mol. The fourth-order valence-corrected chi connectivity index (χ4v) is 21.2. The molecule has 98 heavy (non-hydrogen) atoms. The maximum Gasteiger partial charge on any atom is 0.182 e. The first-order chi connectivity index (χ1) is 46.4. The smallest absolute Gasteiger partial charge is 0.182 e. The van der Waals surface area contributed by atoms with Crippen LogP contribution < -0.4 is 14.2 Å². The van der Waals surface area contributed by atoms with Crippen LogP contribution in [0.2, 0.25) is 15.1 Å². The molecule has 20 nitrogen and oxygen atoms in total. The lowest BCUT2D eigenvalue weighted by molar-refractivity contribution is -0.150. The van der Waals surface area contributed by atoms with E-state index in [4.69, 9.17) is 49.0 Å². The highest BCUT2D eigenvalue weighted by atomic mass is 79.9. The Morgan fingerprint density at radius 1 is 0.418 bits per heavy atom. The molecule has 3 aromatic heterocycles. The number of fused-ring (bicyclic) bond motifs is 9. The number of pyridine rings is 3. The van der Waals surface area contributed by atoms with Gasteiger partial charge in [-0.2, -0.15) is 10.5 Å². The maximum atomic E-state index is 13.0. The summed E-state index contributed by atoms with van der Waals surface area (Å²) in [5, 5.41) is 86.3. The highest BCUT2D eigenvalue weighted by molar-refractivity contribution is 9.10. The van der Waals surface area contributed by atoms with E-state index in [9.17, 15) is 66.4 Å². The minimum Gasteiger partial charge on any atom is -0.476 e. The number of hydrogen-bond donors (Lipinski definition) is 6. The molecule has 15 rings (SSSR count). The number of ether oxygens (including phenoxy) is 3. The molecule has 3 aliphatic heterocycles. The number of benzene rings is 6. The summed E-state index contributed by atoms with van der Waals surface area (Å²) in [6.45, 7) is 0. The molecule has 3 fully saturated rings. The lowest BCUT2D eigenvalue weighted by Gasteiger charge is -2.40. The van der Waals surface area contributed by atoms with Gasteiger partial charge >= 0.3 is 0 Å². The summed E-state index contributed by atoms with van der Waals surface area (Å²) in [5.74, 6) is -2.44. The predicted molar refractivity (Wildman–Crippen MR) is 364 cm³/mol. The van der Waals surface area contributed by atoms with Crippen molar-refractivity contribution in [1.82, 2.24) is 15.0 Å². The second-order valence-electron chi connectivity index (χ2n) is 25.1. The zero-order chi connectivity index (χ0) is 70.1. The van der Waals surface area contributed by atoms with Gasteiger partial charge in [-0.15, -0.1) is 0 Å². The Labute approximate surface area is 586 Å². The summed E-state index contributed by atoms with van der Waals surface area (Å²) in [5.41, 5.74) is -7.86. The molecular formula is C71H57BrCl3N5O15S3. The third kappa shape index (κ3) is 10.1. The Hall–Kier alpha value is -7.89. The van der Waals surface area contributed by atoms with Crippen LogP contribution in [0.1, 0.15) is 79.3 Å². The molecule has 0 amide bonds. The van der Waals surface area contributed by atoms with Crippen molar-refractivity contribution in [3.8, 4) is 29.4 Å². The molecule has 9 aromatic rings. The number of aliphatic hydroxyl groups is 6. The zero-order valence-corrected chi connectivity index (χ0v) is 57.9. The molecule has 0 unspecified atom stereocenters. The minimum absolute atomic E-state index is 0.0100. The van der Waals surface area contributed by atoms with Gasteiger partial charge in [0.1, 0.15) is 68.4 Å². The van der Waals surface area contributed by atoms with Crippen LogP contribution >= 0.6 is 50.7 Å². The standard InChI is InChI=1S/2C24H19ClN2O5S.C23H19BrClNO5S/c2*1-33(30,31)20-19(15-5-3-2-4-6-15)24(16-9-7-14(12-26)8-10-16)23(29,22(20)28)21-18(32-24)11-17(25)13-27-21;1-32(29,30)19-18(13-5-3-2-4-6-13)23(14-7-9-15(24)10-8-14)22(28,21(19)27)20-17(31-23)11-16(25)12-26-20/h2*2-11,13,19-20,22,28-29H,1H3;2-12,18-19,21,27-28H,1H3/t2*19-,20-,22-,23+,24+;18-,19-,21-,22+,23+/m111/s1. The van der Waals surface area contributed by atoms with Crippen molar-refractivity contribution in [3.63, 3.8) is 0 Å². The molecule has 6 aromatic carbocycles. The Morgan fingerprint density at radius 2 is 0.663 bits per heavy atom. The molecule has 3 saturated carbocycles. The molecule has 502 valence electrons. The summed E-state index contributed by atoms with van der Waals surface area (Å²) in [6, 6.07) is 54.7. The Morgan fingerprint density at radius 3 is 0.898 bits per heavy atom. The van der Waals surface area contributed by atoms with Gasteiger partial charge < -0.3 is 44.8 Å². The predicted octanol–water partition coefficient (Wildman–Crippen LogP) is 8.85. The molecule has 3 aliphatic carbocycles. The van der Waals surface area contributed by atoms with E-state index in [1.807, 2.05) is 18.2 Å². The normalized spacial score (nSPS) is 30.5. The first-order valence-corrected chi connectivity index (χ1v) is 37.9. The molecule has 0 saturated heterocycles. The molecule has 6 N–H and O–H groups in total. The van der Waals surface area contributed by atoms with Crippen molar-refractivity contribution in [1.29, 1.82) is 10.5 Å². The van der Waals surface area contributed by atoms with Gasteiger partial charge in [0.2, 0.25) is 0 Å². The zero-order valence-electron chi connectivity index (χ0n) is 51.6. The Balaban J connectivity index is 0.000000132. The monoisotopic (exact) mass is 1500 g/mol. The number of hydrogen-bond acceptors (Lipinski definition) is 20. The fourth-order valence-electron chi connectivity index (χ4n) is 15.9. The van der Waals surface area contributed by atoms with Crippen molar-refractivity contribution in [2.24, 2.45) is 0 Å². The molecule has 6 heterocycles. The van der Waals surface area contributed by atoms with Crippen molar-refractivity contribution in [2.45, 2.75) is 85.4 Å². The van der Waals surface area contributed by atoms with Crippen LogP contribution in [0.3, 0.4) is 0 Å². The molecule has 0 bridgehead atoms. The topological polar surface area (TPSA) is 338 Å². The summed E-state index contributed by atoms with van der Waals surface area (Å²) < 4.78 is 98.3. The maximum absolute atomic E-state index is 13.0. The summed E-state index contributed by atoms with van der Waals surface area (Å²) in [7, 11) is -11.6. The van der Waals surface area contributed by atoms with Crippen LogP contribution in [-0.2, 0) is 63.1 Å². The van der Waals surface area contributed by atoms with E-state index in [0.717, 1.165) is 23.2 Å². The van der Waals surface area contributed by atoms with Crippen molar-refractivity contribution < 1.29 is 70.1 Å². The van der Waals surface area contributed by atoms with E-state index in [1.165, 1.54) is 36.8 Å². The Kier molecular flexibility index (Phi) is 17.1. The van der Waals surface area contributed by atoms with Crippen LogP contribution in [-0.4, -0.2) is 124 Å². The highest BCUT2D eigenvalue weighted by Crippen LogP contribution is 2.71. The third-order valence-corrected chi connectivity index (χ3v) is 25.4. The summed E-state index contributed by atoms with van der Waals surface area (Å²) in [6.07, 6.45) is 1.87. The van der Waals surface area contributed by atoms with Gasteiger partial charge in [-0.25, -0.2) is 25.3 Å². The number of aromatic nitrogens is 3. The SMILES string of the molecule is CS(=O)(=O)[C@H]1[C@@H](O)[C@@]2(O)c3ncc(Cl)cc3O[C@@]2(c2ccc(Br)cc2)[C@@H]1c1ccccc1.CS(=O)(=O)[C@H]1[C@@H](O)[C@@]2(O)c3ncc(Cl)cc3O[C@@]2(c2ccc(C#N)cc2)[C@@H]1c1ccccc1.CS(=O)(=O)[C@H]1[C@@H](O)[C@@]2(O)c3ncc(Cl)cc3O[C@@]2(c2ccc(C#N)cc2)[C@@H]1c1ccccc1. The molecular weight excluding hydrogens is 1450 g/mol. The van der Waals surface area contributed by atoms with Gasteiger partial charge in [0.25, 0.3) is 0 Å². The van der Waals surface area contributed by atoms with Gasteiger partial charge in [-0.1, -0.05) is 178 Å². The number of sulfone groups is 3. The van der Waals surface area contributed by atoms with Crippen molar-refractivity contribution in [2.75, 3.05) is 18.8 Å². The van der Waals surface area contributed by atoms with Crippen molar-refractivity contribution in [3.05, 3.63) is 282 Å². The first-order valence-electron chi connectivity index (χ1n) is 30.1. The molecule has 6 aliphatic rings. The number of halogens is 4. The first kappa shape index (κ1) is 68.6. The van der Waals surface area contributed by atoms with Gasteiger partial charge in [-0.05, 0) is 69.8 Å². The summed E-state index contributed by atoms with van der Waals surface area (Å²) in [4.78, 5) is 12.8. The van der Waals surface area contributed by atoms with Crippen LogP contribution in [0, 0.1) is 22.7 Å². The van der Waals surface area contributed by atoms with Gasteiger partial charge in [0.05, 0.1) is 56.1 Å². The lowest BCUT2D eigenvalue weighted by atomic mass is 9.72. The average Bonchev–Trinajstić information content (AvgIpc) is 1.51. The second-order valence-corrected chi connectivity index (χ2v) is 33.9.